The molecule has 0 fully saturated rings. The molecule has 2 rings (SSSR count). The van der Waals surface area contributed by atoms with E-state index in [1.165, 1.54) is 5.56 Å². The molecule has 0 atom stereocenters. The van der Waals surface area contributed by atoms with Gasteiger partial charge in [0.15, 0.2) is 5.11 Å². The first-order chi connectivity index (χ1) is 10.1. The molecule has 0 spiro atoms. The lowest BCUT2D eigenvalue weighted by Crippen LogP contribution is -2.22. The summed E-state index contributed by atoms with van der Waals surface area (Å²) >= 11 is 5.29. The summed E-state index contributed by atoms with van der Waals surface area (Å²) in [5, 5.41) is 3.88. The van der Waals surface area contributed by atoms with E-state index in [0.717, 1.165) is 17.1 Å². The Hall–Kier alpha value is -2.20. The number of nitrogens with one attached hydrogen (secondary N) is 1. The number of aliphatic imine (C=N–C) groups is 1. The molecule has 3 nitrogen and oxygen atoms in total. The van der Waals surface area contributed by atoms with Gasteiger partial charge in [0.1, 0.15) is 5.84 Å². The van der Waals surface area contributed by atoms with E-state index >= 15 is 0 Å². The second-order valence-corrected chi connectivity index (χ2v) is 5.36. The predicted octanol–water partition coefficient (Wildman–Crippen LogP) is 3.70. The highest BCUT2D eigenvalue weighted by atomic mass is 32.1. The molecule has 0 aliphatic rings. The van der Waals surface area contributed by atoms with Crippen LogP contribution in [0.2, 0.25) is 0 Å². The standard InChI is InChI=1S/C17H19N3S/c1-13-9-11-15(12-10-13)18-16(19-17(21)20(2)3)14-7-5-4-6-8-14/h4-12H,1-3H3,(H,18,19,21). The fraction of sp³-hybridized carbons (Fsp3) is 0.176. The van der Waals surface area contributed by atoms with E-state index in [1.54, 1.807) is 0 Å². The number of hydrogen-bond donors (Lipinski definition) is 1. The van der Waals surface area contributed by atoms with Crippen molar-refractivity contribution in [1.29, 1.82) is 0 Å². The second kappa shape index (κ2) is 6.99. The summed E-state index contributed by atoms with van der Waals surface area (Å²) < 4.78 is 0. The Morgan fingerprint density at radius 1 is 1.00 bits per heavy atom. The van der Waals surface area contributed by atoms with Crippen molar-refractivity contribution in [3.8, 4) is 0 Å². The lowest BCUT2D eigenvalue weighted by Gasteiger charge is -2.14. The zero-order valence-corrected chi connectivity index (χ0v) is 13.3. The van der Waals surface area contributed by atoms with Crippen molar-refractivity contribution in [2.24, 2.45) is 4.99 Å². The smallest absolute Gasteiger partial charge is 0.196 e. The first-order valence-corrected chi connectivity index (χ1v) is 7.16. The topological polar surface area (TPSA) is 27.6 Å². The summed E-state index contributed by atoms with van der Waals surface area (Å²) in [6.07, 6.45) is 0. The van der Waals surface area contributed by atoms with E-state index in [1.807, 2.05) is 61.5 Å². The van der Waals surface area contributed by atoms with E-state index < -0.39 is 0 Å². The van der Waals surface area contributed by atoms with Gasteiger partial charge in [-0.2, -0.15) is 0 Å². The molecular weight excluding hydrogens is 278 g/mol. The van der Waals surface area contributed by atoms with Crippen LogP contribution in [0, 0.1) is 6.92 Å². The van der Waals surface area contributed by atoms with Crippen molar-refractivity contribution in [3.63, 3.8) is 0 Å². The minimum Gasteiger partial charge on any atom is -0.354 e. The molecule has 0 radical (unpaired) electrons. The average molecular weight is 297 g/mol. The summed E-state index contributed by atoms with van der Waals surface area (Å²) in [6.45, 7) is 2.07. The molecule has 2 aromatic rings. The predicted molar refractivity (Wildman–Crippen MR) is 94.1 cm³/mol. The van der Waals surface area contributed by atoms with Crippen molar-refractivity contribution in [1.82, 2.24) is 4.90 Å². The van der Waals surface area contributed by atoms with Crippen LogP contribution in [0.4, 0.5) is 5.69 Å². The summed E-state index contributed by atoms with van der Waals surface area (Å²) in [5.74, 6) is 0.748. The molecule has 0 saturated carbocycles. The molecule has 0 aliphatic carbocycles. The maximum Gasteiger partial charge on any atom is 0.196 e. The Morgan fingerprint density at radius 2 is 1.62 bits per heavy atom. The lowest BCUT2D eigenvalue weighted by atomic mass is 10.2. The van der Waals surface area contributed by atoms with Crippen molar-refractivity contribution >= 4 is 28.9 Å². The SMILES string of the molecule is Cc1ccc(N/C(=N\C(=S)N(C)C)c2ccccc2)cc1. The van der Waals surface area contributed by atoms with Crippen molar-refractivity contribution < 1.29 is 0 Å². The van der Waals surface area contributed by atoms with Crippen LogP contribution in [0.3, 0.4) is 0 Å². The molecule has 1 N–H and O–H groups in total. The zero-order chi connectivity index (χ0) is 15.2. The Labute approximate surface area is 131 Å². The van der Waals surface area contributed by atoms with Gasteiger partial charge in [-0.05, 0) is 31.3 Å². The van der Waals surface area contributed by atoms with Crippen LogP contribution in [-0.2, 0) is 0 Å². The molecule has 0 unspecified atom stereocenters. The second-order valence-electron chi connectivity index (χ2n) is 4.99. The molecular formula is C17H19N3S. The number of hydrogen-bond acceptors (Lipinski definition) is 1. The van der Waals surface area contributed by atoms with Crippen LogP contribution in [0.1, 0.15) is 11.1 Å². The van der Waals surface area contributed by atoms with Crippen LogP contribution >= 0.6 is 12.2 Å². The normalized spacial score (nSPS) is 11.1. The number of nitrogens with zero attached hydrogens (tertiary/aromatic N) is 2. The molecule has 108 valence electrons. The first-order valence-electron chi connectivity index (χ1n) is 6.75. The van der Waals surface area contributed by atoms with Crippen LogP contribution in [0.15, 0.2) is 59.6 Å². The molecule has 4 heteroatoms. The van der Waals surface area contributed by atoms with Crippen LogP contribution in [0.25, 0.3) is 0 Å². The number of rotatable bonds is 2. The minimum atomic E-state index is 0.536. The molecule has 2 aromatic carbocycles. The van der Waals surface area contributed by atoms with Crippen molar-refractivity contribution in [3.05, 3.63) is 65.7 Å². The Balaban J connectivity index is 2.32. The van der Waals surface area contributed by atoms with Gasteiger partial charge in [0.2, 0.25) is 0 Å². The van der Waals surface area contributed by atoms with E-state index in [4.69, 9.17) is 12.2 Å². The number of aryl methyl sites for hydroxylation is 1. The van der Waals surface area contributed by atoms with Gasteiger partial charge in [-0.3, -0.25) is 0 Å². The summed E-state index contributed by atoms with van der Waals surface area (Å²) in [4.78, 5) is 6.34. The first kappa shape index (κ1) is 15.2. The van der Waals surface area contributed by atoms with Gasteiger partial charge in [-0.25, -0.2) is 4.99 Å². The lowest BCUT2D eigenvalue weighted by molar-refractivity contribution is 0.629. The third kappa shape index (κ3) is 4.39. The van der Waals surface area contributed by atoms with Gasteiger partial charge in [0, 0.05) is 25.3 Å². The maximum absolute atomic E-state index is 5.29. The third-order valence-corrected chi connectivity index (χ3v) is 3.41. The van der Waals surface area contributed by atoms with E-state index in [0.29, 0.717) is 5.11 Å². The Morgan fingerprint density at radius 3 is 2.19 bits per heavy atom. The Bertz CT molecular complexity index is 631. The van der Waals surface area contributed by atoms with E-state index in [2.05, 4.69) is 29.4 Å². The van der Waals surface area contributed by atoms with E-state index in [9.17, 15) is 0 Å². The highest BCUT2D eigenvalue weighted by molar-refractivity contribution is 7.80. The maximum atomic E-state index is 5.29. The number of thiocarbonyl (C=S) groups is 1. The molecule has 0 saturated heterocycles. The third-order valence-electron chi connectivity index (χ3n) is 2.95. The monoisotopic (exact) mass is 297 g/mol. The number of benzene rings is 2. The zero-order valence-electron chi connectivity index (χ0n) is 12.5. The Kier molecular flexibility index (Phi) is 5.06. The van der Waals surface area contributed by atoms with E-state index in [-0.39, 0.29) is 0 Å². The van der Waals surface area contributed by atoms with Crippen LogP contribution in [0.5, 0.6) is 0 Å². The summed E-state index contributed by atoms with van der Waals surface area (Å²) in [7, 11) is 3.78. The average Bonchev–Trinajstić information content (AvgIpc) is 2.49. The highest BCUT2D eigenvalue weighted by Gasteiger charge is 2.06. The summed E-state index contributed by atoms with van der Waals surface area (Å²) in [5.41, 5.74) is 3.22. The van der Waals surface area contributed by atoms with Crippen LogP contribution < -0.4 is 5.32 Å². The summed E-state index contributed by atoms with van der Waals surface area (Å²) in [6, 6.07) is 18.2. The molecule has 0 heterocycles. The number of amidine groups is 1. The van der Waals surface area contributed by atoms with Gasteiger partial charge in [-0.1, -0.05) is 48.0 Å². The largest absolute Gasteiger partial charge is 0.354 e. The molecule has 0 bridgehead atoms. The quantitative estimate of drug-likeness (QED) is 0.520. The fourth-order valence-electron chi connectivity index (χ4n) is 1.73. The number of anilines is 1. The van der Waals surface area contributed by atoms with Gasteiger partial charge in [-0.15, -0.1) is 0 Å². The molecule has 21 heavy (non-hydrogen) atoms. The van der Waals surface area contributed by atoms with Crippen molar-refractivity contribution in [2.75, 3.05) is 19.4 Å². The van der Waals surface area contributed by atoms with Crippen LogP contribution in [-0.4, -0.2) is 29.9 Å². The minimum absolute atomic E-state index is 0.536. The fourth-order valence-corrected chi connectivity index (χ4v) is 1.82. The van der Waals surface area contributed by atoms with Gasteiger partial charge >= 0.3 is 0 Å². The van der Waals surface area contributed by atoms with Crippen molar-refractivity contribution in [2.45, 2.75) is 6.92 Å². The van der Waals surface area contributed by atoms with Gasteiger partial charge in [0.25, 0.3) is 0 Å². The molecule has 0 aliphatic heterocycles. The van der Waals surface area contributed by atoms with Gasteiger partial charge in [0.05, 0.1) is 0 Å². The van der Waals surface area contributed by atoms with Gasteiger partial charge < -0.3 is 10.2 Å². The highest BCUT2D eigenvalue weighted by Crippen LogP contribution is 2.12. The molecule has 0 aromatic heterocycles. The molecule has 0 amide bonds.